The molecule has 0 aliphatic carbocycles. The molecule has 0 bridgehead atoms. The van der Waals surface area contributed by atoms with Crippen LogP contribution in [0.5, 0.6) is 0 Å². The standard InChI is InChI=1S/C13H18F3N3O2/c1-3-17-10-7-9(13(14,15)16)8-11(19-10)18-6-5-12(20)21-4-2/h7-8H,3-6H2,1-2H3,(H2,17,18,19). The Kier molecular flexibility index (Phi) is 6.26. The largest absolute Gasteiger partial charge is 0.466 e. The van der Waals surface area contributed by atoms with Crippen molar-refractivity contribution < 1.29 is 22.7 Å². The van der Waals surface area contributed by atoms with E-state index >= 15 is 0 Å². The molecule has 0 spiro atoms. The highest BCUT2D eigenvalue weighted by Gasteiger charge is 2.31. The van der Waals surface area contributed by atoms with Gasteiger partial charge >= 0.3 is 12.1 Å². The Labute approximate surface area is 120 Å². The zero-order valence-electron chi connectivity index (χ0n) is 11.9. The number of nitrogens with one attached hydrogen (secondary N) is 2. The Hall–Kier alpha value is -1.99. The van der Waals surface area contributed by atoms with E-state index in [1.54, 1.807) is 13.8 Å². The summed E-state index contributed by atoms with van der Waals surface area (Å²) in [6.07, 6.45) is -4.40. The minimum absolute atomic E-state index is 0.0578. The average Bonchev–Trinajstić information content (AvgIpc) is 2.38. The van der Waals surface area contributed by atoms with Gasteiger partial charge in [0.15, 0.2) is 0 Å². The van der Waals surface area contributed by atoms with Crippen molar-refractivity contribution in [2.24, 2.45) is 0 Å². The molecule has 2 N–H and O–H groups in total. The summed E-state index contributed by atoms with van der Waals surface area (Å²) in [5.41, 5.74) is -0.799. The lowest BCUT2D eigenvalue weighted by Gasteiger charge is -2.13. The highest BCUT2D eigenvalue weighted by atomic mass is 19.4. The minimum atomic E-state index is -4.45. The summed E-state index contributed by atoms with van der Waals surface area (Å²) >= 11 is 0. The van der Waals surface area contributed by atoms with Gasteiger partial charge in [0.1, 0.15) is 11.6 Å². The molecule has 21 heavy (non-hydrogen) atoms. The first-order valence-electron chi connectivity index (χ1n) is 6.59. The number of anilines is 2. The van der Waals surface area contributed by atoms with E-state index in [0.717, 1.165) is 12.1 Å². The Bertz CT molecular complexity index is 478. The molecule has 0 fully saturated rings. The summed E-state index contributed by atoms with van der Waals surface area (Å²) in [6.45, 7) is 4.32. The van der Waals surface area contributed by atoms with E-state index < -0.39 is 17.7 Å². The van der Waals surface area contributed by atoms with E-state index in [1.807, 2.05) is 0 Å². The topological polar surface area (TPSA) is 63.2 Å². The summed E-state index contributed by atoms with van der Waals surface area (Å²) in [6, 6.07) is 1.85. The molecular weight excluding hydrogens is 287 g/mol. The van der Waals surface area contributed by atoms with E-state index in [9.17, 15) is 18.0 Å². The van der Waals surface area contributed by atoms with Crippen LogP contribution in [0, 0.1) is 0 Å². The molecule has 1 heterocycles. The van der Waals surface area contributed by atoms with Crippen molar-refractivity contribution in [3.05, 3.63) is 17.7 Å². The quantitative estimate of drug-likeness (QED) is 0.758. The predicted molar refractivity (Wildman–Crippen MR) is 73.1 cm³/mol. The van der Waals surface area contributed by atoms with Gasteiger partial charge in [0.05, 0.1) is 18.6 Å². The second-order valence-electron chi connectivity index (χ2n) is 4.14. The fourth-order valence-corrected chi connectivity index (χ4v) is 1.58. The summed E-state index contributed by atoms with van der Waals surface area (Å²) in [4.78, 5) is 15.2. The maximum atomic E-state index is 12.8. The number of esters is 1. The molecule has 0 saturated heterocycles. The Morgan fingerprint density at radius 2 is 1.86 bits per heavy atom. The summed E-state index contributed by atoms with van der Waals surface area (Å²) in [5, 5.41) is 5.43. The van der Waals surface area contributed by atoms with Crippen LogP contribution in [0.25, 0.3) is 0 Å². The third kappa shape index (κ3) is 5.88. The molecule has 0 unspecified atom stereocenters. The number of carbonyl (C=O) groups is 1. The van der Waals surface area contributed by atoms with E-state index in [-0.39, 0.29) is 31.2 Å². The highest BCUT2D eigenvalue weighted by molar-refractivity contribution is 5.70. The number of pyridine rings is 1. The summed E-state index contributed by atoms with van der Waals surface area (Å²) in [5.74, 6) is -0.222. The fourth-order valence-electron chi connectivity index (χ4n) is 1.58. The number of rotatable bonds is 7. The third-order valence-electron chi connectivity index (χ3n) is 2.45. The van der Waals surface area contributed by atoms with Crippen LogP contribution in [0.2, 0.25) is 0 Å². The molecule has 0 saturated carbocycles. The predicted octanol–water partition coefficient (Wildman–Crippen LogP) is 2.90. The van der Waals surface area contributed by atoms with Gasteiger partial charge in [-0.15, -0.1) is 0 Å². The van der Waals surface area contributed by atoms with Crippen molar-refractivity contribution in [1.82, 2.24) is 4.98 Å². The monoisotopic (exact) mass is 305 g/mol. The van der Waals surface area contributed by atoms with Gasteiger partial charge in [0, 0.05) is 13.1 Å². The third-order valence-corrected chi connectivity index (χ3v) is 2.45. The molecular formula is C13H18F3N3O2. The van der Waals surface area contributed by atoms with Gasteiger partial charge in [-0.1, -0.05) is 0 Å². The van der Waals surface area contributed by atoms with Gasteiger partial charge < -0.3 is 15.4 Å². The first kappa shape index (κ1) is 17.1. The highest BCUT2D eigenvalue weighted by Crippen LogP contribution is 2.32. The van der Waals surface area contributed by atoms with Crippen molar-refractivity contribution in [3.63, 3.8) is 0 Å². The normalized spacial score (nSPS) is 11.1. The van der Waals surface area contributed by atoms with E-state index in [4.69, 9.17) is 4.74 Å². The molecule has 1 aromatic rings. The van der Waals surface area contributed by atoms with Gasteiger partial charge in [-0.05, 0) is 26.0 Å². The van der Waals surface area contributed by atoms with Crippen molar-refractivity contribution >= 4 is 17.6 Å². The molecule has 0 aromatic carbocycles. The lowest BCUT2D eigenvalue weighted by Crippen LogP contribution is -2.14. The van der Waals surface area contributed by atoms with Gasteiger partial charge in [0.25, 0.3) is 0 Å². The molecule has 118 valence electrons. The maximum Gasteiger partial charge on any atom is 0.416 e. The second-order valence-corrected chi connectivity index (χ2v) is 4.14. The molecule has 0 aliphatic heterocycles. The molecule has 0 amide bonds. The summed E-state index contributed by atoms with van der Waals surface area (Å²) < 4.78 is 43.1. The van der Waals surface area contributed by atoms with Crippen LogP contribution < -0.4 is 10.6 Å². The molecule has 1 aromatic heterocycles. The smallest absolute Gasteiger partial charge is 0.416 e. The SMILES string of the molecule is CCNc1cc(C(F)(F)F)cc(NCCC(=O)OCC)n1. The van der Waals surface area contributed by atoms with Crippen LogP contribution in [0.15, 0.2) is 12.1 Å². The van der Waals surface area contributed by atoms with Crippen molar-refractivity contribution in [2.45, 2.75) is 26.4 Å². The number of aromatic nitrogens is 1. The van der Waals surface area contributed by atoms with Crippen LogP contribution in [0.4, 0.5) is 24.8 Å². The van der Waals surface area contributed by atoms with E-state index in [2.05, 4.69) is 15.6 Å². The number of nitrogens with zero attached hydrogens (tertiary/aromatic N) is 1. The maximum absolute atomic E-state index is 12.8. The van der Waals surface area contributed by atoms with Gasteiger partial charge in [-0.25, -0.2) is 4.98 Å². The first-order chi connectivity index (χ1) is 9.86. The van der Waals surface area contributed by atoms with Crippen LogP contribution in [0.1, 0.15) is 25.8 Å². The van der Waals surface area contributed by atoms with Crippen LogP contribution in [-0.2, 0) is 15.7 Å². The van der Waals surface area contributed by atoms with Crippen molar-refractivity contribution in [3.8, 4) is 0 Å². The molecule has 0 aliphatic rings. The Balaban J connectivity index is 2.76. The molecule has 8 heteroatoms. The minimum Gasteiger partial charge on any atom is -0.466 e. The number of hydrogen-bond donors (Lipinski definition) is 2. The number of carbonyl (C=O) groups excluding carboxylic acids is 1. The van der Waals surface area contributed by atoms with Crippen LogP contribution in [0.3, 0.4) is 0 Å². The van der Waals surface area contributed by atoms with E-state index in [1.165, 1.54) is 0 Å². The second kappa shape index (κ2) is 7.70. The molecule has 0 radical (unpaired) electrons. The number of hydrogen-bond acceptors (Lipinski definition) is 5. The number of ether oxygens (including phenoxy) is 1. The average molecular weight is 305 g/mol. The van der Waals surface area contributed by atoms with Crippen molar-refractivity contribution in [1.29, 1.82) is 0 Å². The van der Waals surface area contributed by atoms with Crippen LogP contribution >= 0.6 is 0 Å². The molecule has 5 nitrogen and oxygen atoms in total. The van der Waals surface area contributed by atoms with Gasteiger partial charge in [-0.3, -0.25) is 4.79 Å². The van der Waals surface area contributed by atoms with Crippen LogP contribution in [-0.4, -0.2) is 30.6 Å². The molecule has 1 rings (SSSR count). The zero-order chi connectivity index (χ0) is 15.9. The van der Waals surface area contributed by atoms with E-state index in [0.29, 0.717) is 6.54 Å². The molecule has 0 atom stereocenters. The number of halogens is 3. The van der Waals surface area contributed by atoms with Crippen molar-refractivity contribution in [2.75, 3.05) is 30.3 Å². The lowest BCUT2D eigenvalue weighted by atomic mass is 10.2. The fraction of sp³-hybridized carbons (Fsp3) is 0.538. The first-order valence-corrected chi connectivity index (χ1v) is 6.59. The zero-order valence-corrected chi connectivity index (χ0v) is 11.9. The Morgan fingerprint density at radius 1 is 1.24 bits per heavy atom. The number of alkyl halides is 3. The van der Waals surface area contributed by atoms with Gasteiger partial charge in [0.2, 0.25) is 0 Å². The lowest BCUT2D eigenvalue weighted by molar-refractivity contribution is -0.142. The Morgan fingerprint density at radius 3 is 2.38 bits per heavy atom. The summed E-state index contributed by atoms with van der Waals surface area (Å²) in [7, 11) is 0. The van der Waals surface area contributed by atoms with Gasteiger partial charge in [-0.2, -0.15) is 13.2 Å².